The molecular weight excluding hydrogens is 1340 g/mol. The van der Waals surface area contributed by atoms with E-state index in [0.717, 1.165) is 164 Å². The number of benzene rings is 6. The molecule has 6 aromatic carbocycles. The summed E-state index contributed by atoms with van der Waals surface area (Å²) in [6.45, 7) is 25.7. The number of aromatic amines is 4. The molecule has 9 heterocycles. The average Bonchev–Trinajstić information content (AvgIpc) is 1.63. The maximum absolute atomic E-state index is 6.25. The zero-order chi connectivity index (χ0) is 73.7. The largest absolute Gasteiger partial charge is 0.494 e. The Hall–Kier alpha value is -14.0. The van der Waals surface area contributed by atoms with Crippen LogP contribution in [-0.2, 0) is 0 Å². The Morgan fingerprint density at radius 3 is 0.630 bits per heavy atom. The highest BCUT2D eigenvalue weighted by Gasteiger charge is 2.23. The van der Waals surface area contributed by atoms with Crippen LogP contribution in [0.15, 0.2) is 270 Å². The maximum atomic E-state index is 6.25. The topological polar surface area (TPSA) is 170 Å². The molecule has 0 saturated heterocycles. The molecule has 0 fully saturated rings. The summed E-state index contributed by atoms with van der Waals surface area (Å²) in [4.78, 5) is 37.8. The molecule has 14 heteroatoms. The fourth-order valence-electron chi connectivity index (χ4n) is 13.5. The number of nitrogens with zero attached hydrogens (tertiary/aromatic N) is 4. The van der Waals surface area contributed by atoms with Crippen LogP contribution in [0, 0.1) is 0 Å². The summed E-state index contributed by atoms with van der Waals surface area (Å²) in [6.07, 6.45) is 28.9. The van der Waals surface area contributed by atoms with Gasteiger partial charge in [0.15, 0.2) is 0 Å². The normalized spacial score (nSPS) is 11.7. The second-order valence-corrected chi connectivity index (χ2v) is 25.7. The molecule has 108 heavy (non-hydrogen) atoms. The van der Waals surface area contributed by atoms with Crippen LogP contribution in [0.25, 0.3) is 160 Å². The van der Waals surface area contributed by atoms with Crippen LogP contribution < -0.4 is 28.4 Å². The summed E-state index contributed by atoms with van der Waals surface area (Å²) in [5.41, 5.74) is 23.1. The Balaban J connectivity index is 1.04. The Bertz CT molecular complexity index is 5550. The van der Waals surface area contributed by atoms with Crippen LogP contribution in [0.1, 0.15) is 58.4 Å². The SMILES string of the molecule is C=CCCCOc1ccc(-c2c3nc(c(-c4ccc(OCC=C)cc4)c4ccc([nH]4)c4ccc([nH]4)c(-c4ccc(OCC=C)cc4)c4nc(c(-c5ccc(OCC=C)cc5)c5nc(c(-c6ccc(OCC=C)cc6)c6ccc([nH]6)c6ccc([nH]6)c(-c6ccc(OCC=C)cc6)c6nc2C=C6)C=C5)C=C4)C=C3)cc1. The van der Waals surface area contributed by atoms with Crippen LogP contribution in [0.3, 0.4) is 0 Å². The first kappa shape index (κ1) is 69.7. The molecule has 15 rings (SSSR count). The standard InChI is InChI=1S/C94H78N8O6/c1-7-13-14-60-108-72-37-25-66(26-38-72)94-87-53-49-83(101-87)91(63-19-31-69(32-20-63)105-57-10-4)79-45-41-75(97-79)73-39-43-77(95-73)89(61-15-27-67(28-16-61)103-55-8-2)81-47-51-85(99-81)93(65-23-35-71(36-24-65)107-59-12-6)86-52-48-82(100-86)90(62-17-29-68(30-18-62)104-56-9-3)78-44-40-74(96-78)76-42-46-80(98-76)92(84-50-54-88(94)102-84)64-21-33-70(34-22-64)106-58-11-5/h7-12,15-54,95-98H,1-6,13-14,55-60H2. The van der Waals surface area contributed by atoms with E-state index in [1.165, 1.54) is 0 Å². The molecule has 0 atom stereocenters. The number of aromatic nitrogens is 8. The predicted octanol–water partition coefficient (Wildman–Crippen LogP) is 22.9. The van der Waals surface area contributed by atoms with Gasteiger partial charge in [0, 0.05) is 55.4 Å². The van der Waals surface area contributed by atoms with Crippen molar-refractivity contribution in [2.24, 2.45) is 0 Å². The maximum Gasteiger partial charge on any atom is 0.119 e. The minimum Gasteiger partial charge on any atom is -0.494 e. The fraction of sp³-hybridized carbons (Fsp3) is 0.0851. The molecule has 4 N–H and O–H groups in total. The van der Waals surface area contributed by atoms with Crippen molar-refractivity contribution in [2.45, 2.75) is 12.8 Å². The first-order chi connectivity index (χ1) is 53.2. The number of rotatable bonds is 26. The van der Waals surface area contributed by atoms with Gasteiger partial charge in [-0.1, -0.05) is 142 Å². The molecule has 0 radical (unpaired) electrons. The summed E-state index contributed by atoms with van der Waals surface area (Å²) in [5.74, 6) is 4.32. The van der Waals surface area contributed by atoms with E-state index in [4.69, 9.17) is 48.4 Å². The van der Waals surface area contributed by atoms with Crippen molar-refractivity contribution in [3.8, 4) is 101 Å². The molecule has 16 bridgehead atoms. The lowest BCUT2D eigenvalue weighted by Gasteiger charge is -2.09. The van der Waals surface area contributed by atoms with Gasteiger partial charge in [-0.3, -0.25) is 0 Å². The van der Waals surface area contributed by atoms with Crippen LogP contribution in [0.2, 0.25) is 0 Å². The van der Waals surface area contributed by atoms with E-state index in [2.05, 4.69) is 229 Å². The van der Waals surface area contributed by atoms with Gasteiger partial charge in [0.05, 0.1) is 74.2 Å². The lowest BCUT2D eigenvalue weighted by atomic mass is 10.0. The lowest BCUT2D eigenvalue weighted by Crippen LogP contribution is -1.96. The molecule has 11 aromatic rings. The number of fused-ring (bicyclic) bond motifs is 18. The second kappa shape index (κ2) is 32.4. The third-order valence-electron chi connectivity index (χ3n) is 18.5. The molecule has 0 spiro atoms. The Kier molecular flexibility index (Phi) is 20.9. The zero-order valence-electron chi connectivity index (χ0n) is 59.7. The lowest BCUT2D eigenvalue weighted by molar-refractivity contribution is 0.312. The average molecular weight is 1420 g/mol. The summed E-state index contributed by atoms with van der Waals surface area (Å²) in [6, 6.07) is 65.4. The van der Waals surface area contributed by atoms with E-state index in [9.17, 15) is 0 Å². The molecule has 530 valence electrons. The number of H-pyrrole nitrogens is 4. The van der Waals surface area contributed by atoms with E-state index in [1.54, 1.807) is 30.4 Å². The van der Waals surface area contributed by atoms with Crippen LogP contribution >= 0.6 is 0 Å². The molecule has 4 aliphatic heterocycles. The third kappa shape index (κ3) is 15.2. The Morgan fingerprint density at radius 1 is 0.222 bits per heavy atom. The quantitative estimate of drug-likeness (QED) is 0.0302. The first-order valence-electron chi connectivity index (χ1n) is 35.9. The van der Waals surface area contributed by atoms with Gasteiger partial charge < -0.3 is 48.4 Å². The van der Waals surface area contributed by atoms with Gasteiger partial charge in [0.25, 0.3) is 0 Å². The number of unbranched alkanes of at least 4 members (excludes halogenated alkanes) is 1. The fourth-order valence-corrected chi connectivity index (χ4v) is 13.5. The van der Waals surface area contributed by atoms with Gasteiger partial charge in [-0.2, -0.15) is 0 Å². The van der Waals surface area contributed by atoms with Gasteiger partial charge in [0.1, 0.15) is 67.5 Å². The van der Waals surface area contributed by atoms with Crippen molar-refractivity contribution in [1.29, 1.82) is 0 Å². The van der Waals surface area contributed by atoms with Gasteiger partial charge in [0.2, 0.25) is 0 Å². The Morgan fingerprint density at radius 2 is 0.417 bits per heavy atom. The predicted molar refractivity (Wildman–Crippen MR) is 445 cm³/mol. The van der Waals surface area contributed by atoms with Gasteiger partial charge in [-0.25, -0.2) is 19.9 Å². The van der Waals surface area contributed by atoms with E-state index in [-0.39, 0.29) is 0 Å². The summed E-state index contributed by atoms with van der Waals surface area (Å²) in [5, 5.41) is 0. The minimum absolute atomic E-state index is 0.362. The molecule has 0 unspecified atom stereocenters. The molecule has 0 amide bonds. The van der Waals surface area contributed by atoms with Crippen LogP contribution in [0.4, 0.5) is 0 Å². The smallest absolute Gasteiger partial charge is 0.119 e. The minimum atomic E-state index is 0.362. The molecular formula is C94H78N8O6. The van der Waals surface area contributed by atoms with Crippen molar-refractivity contribution in [2.75, 3.05) is 39.6 Å². The van der Waals surface area contributed by atoms with Crippen molar-refractivity contribution in [3.05, 3.63) is 316 Å². The van der Waals surface area contributed by atoms with Gasteiger partial charge in [-0.05, 0) is 216 Å². The number of hydrogen-bond donors (Lipinski definition) is 4. The number of allylic oxidation sites excluding steroid dienone is 1. The van der Waals surface area contributed by atoms with Crippen LogP contribution in [-0.4, -0.2) is 79.5 Å². The number of nitrogens with one attached hydrogen (secondary N) is 4. The summed E-state index contributed by atoms with van der Waals surface area (Å²) >= 11 is 0. The monoisotopic (exact) mass is 1410 g/mol. The first-order valence-corrected chi connectivity index (χ1v) is 35.9. The number of hydrogen-bond acceptors (Lipinski definition) is 10. The van der Waals surface area contributed by atoms with E-state index in [0.29, 0.717) is 79.8 Å². The highest BCUT2D eigenvalue weighted by Crippen LogP contribution is 2.42. The van der Waals surface area contributed by atoms with Crippen molar-refractivity contribution in [3.63, 3.8) is 0 Å². The van der Waals surface area contributed by atoms with Crippen molar-refractivity contribution < 1.29 is 28.4 Å². The molecule has 4 aliphatic rings. The number of ether oxygens (including phenoxy) is 6. The highest BCUT2D eigenvalue weighted by atomic mass is 16.5. The van der Waals surface area contributed by atoms with Crippen molar-refractivity contribution >= 4 is 92.7 Å². The van der Waals surface area contributed by atoms with Gasteiger partial charge in [-0.15, -0.1) is 6.58 Å². The highest BCUT2D eigenvalue weighted by molar-refractivity contribution is 6.01. The molecule has 5 aromatic heterocycles. The van der Waals surface area contributed by atoms with Gasteiger partial charge >= 0.3 is 0 Å². The molecule has 0 saturated carbocycles. The second-order valence-electron chi connectivity index (χ2n) is 25.7. The van der Waals surface area contributed by atoms with Crippen LogP contribution in [0.5, 0.6) is 34.5 Å². The van der Waals surface area contributed by atoms with Crippen molar-refractivity contribution in [1.82, 2.24) is 39.9 Å². The summed E-state index contributed by atoms with van der Waals surface area (Å²) < 4.78 is 36.4. The van der Waals surface area contributed by atoms with E-state index >= 15 is 0 Å². The third-order valence-corrected chi connectivity index (χ3v) is 18.5. The zero-order valence-corrected chi connectivity index (χ0v) is 59.7. The van der Waals surface area contributed by atoms with E-state index < -0.39 is 0 Å². The molecule has 0 aliphatic carbocycles. The molecule has 14 nitrogen and oxygen atoms in total. The summed E-state index contributed by atoms with van der Waals surface area (Å²) in [7, 11) is 0. The Labute approximate surface area is 626 Å². The van der Waals surface area contributed by atoms with E-state index in [1.807, 2.05) is 78.9 Å².